The van der Waals surface area contributed by atoms with Crippen LogP contribution in [0.2, 0.25) is 0 Å². The van der Waals surface area contributed by atoms with E-state index in [0.717, 1.165) is 24.6 Å². The maximum Gasteiger partial charge on any atom is 0.422 e. The van der Waals surface area contributed by atoms with Gasteiger partial charge in [-0.05, 0) is 24.1 Å². The van der Waals surface area contributed by atoms with E-state index in [1.54, 1.807) is 12.1 Å². The van der Waals surface area contributed by atoms with Crippen molar-refractivity contribution in [3.8, 4) is 5.75 Å². The number of benzene rings is 1. The van der Waals surface area contributed by atoms with Gasteiger partial charge in [-0.1, -0.05) is 12.1 Å². The van der Waals surface area contributed by atoms with E-state index >= 15 is 0 Å². The van der Waals surface area contributed by atoms with Crippen molar-refractivity contribution in [1.29, 1.82) is 0 Å². The summed E-state index contributed by atoms with van der Waals surface area (Å²) in [5, 5.41) is 3.21. The lowest BCUT2D eigenvalue weighted by molar-refractivity contribution is -0.153. The SMILES string of the molecule is CN1CCN=C1NCCc1cccc(OCC(F)(F)F)c1. The molecule has 0 radical (unpaired) electrons. The Bertz CT molecular complexity index is 502. The lowest BCUT2D eigenvalue weighted by Gasteiger charge is -2.15. The van der Waals surface area contributed by atoms with Gasteiger partial charge in [0, 0.05) is 20.1 Å². The highest BCUT2D eigenvalue weighted by Crippen LogP contribution is 2.19. The first-order valence-corrected chi connectivity index (χ1v) is 6.72. The predicted molar refractivity (Wildman–Crippen MR) is 74.6 cm³/mol. The van der Waals surface area contributed by atoms with Crippen molar-refractivity contribution in [2.75, 3.05) is 33.3 Å². The van der Waals surface area contributed by atoms with E-state index in [0.29, 0.717) is 13.0 Å². The molecule has 1 aromatic rings. The van der Waals surface area contributed by atoms with E-state index in [9.17, 15) is 13.2 Å². The zero-order chi connectivity index (χ0) is 15.3. The summed E-state index contributed by atoms with van der Waals surface area (Å²) in [5.74, 6) is 1.10. The van der Waals surface area contributed by atoms with Gasteiger partial charge in [0.25, 0.3) is 0 Å². The van der Waals surface area contributed by atoms with Gasteiger partial charge in [-0.3, -0.25) is 4.99 Å². The summed E-state index contributed by atoms with van der Waals surface area (Å²) >= 11 is 0. The number of aliphatic imine (C=N–C) groups is 1. The molecule has 1 aliphatic heterocycles. The number of hydrogen-bond acceptors (Lipinski definition) is 4. The average Bonchev–Trinajstić information content (AvgIpc) is 2.82. The number of alkyl halides is 3. The summed E-state index contributed by atoms with van der Waals surface area (Å²) in [5.41, 5.74) is 0.920. The summed E-state index contributed by atoms with van der Waals surface area (Å²) in [6.45, 7) is 1.10. The second-order valence-electron chi connectivity index (χ2n) is 4.85. The van der Waals surface area contributed by atoms with Crippen molar-refractivity contribution < 1.29 is 17.9 Å². The monoisotopic (exact) mass is 301 g/mol. The van der Waals surface area contributed by atoms with Crippen molar-refractivity contribution >= 4 is 5.96 Å². The summed E-state index contributed by atoms with van der Waals surface area (Å²) in [6, 6.07) is 6.72. The molecule has 1 N–H and O–H groups in total. The lowest BCUT2D eigenvalue weighted by atomic mass is 10.1. The van der Waals surface area contributed by atoms with Crippen molar-refractivity contribution in [3.63, 3.8) is 0 Å². The van der Waals surface area contributed by atoms with Gasteiger partial charge < -0.3 is 15.0 Å². The maximum atomic E-state index is 12.1. The molecular weight excluding hydrogens is 283 g/mol. The van der Waals surface area contributed by atoms with Gasteiger partial charge in [0.15, 0.2) is 12.6 Å². The van der Waals surface area contributed by atoms with Gasteiger partial charge in [0.1, 0.15) is 5.75 Å². The van der Waals surface area contributed by atoms with Crippen LogP contribution in [0.3, 0.4) is 0 Å². The molecule has 7 heteroatoms. The molecule has 0 aromatic heterocycles. The van der Waals surface area contributed by atoms with Crippen molar-refractivity contribution in [2.24, 2.45) is 4.99 Å². The molecule has 0 saturated heterocycles. The Morgan fingerprint density at radius 2 is 2.19 bits per heavy atom. The van der Waals surface area contributed by atoms with Crippen LogP contribution in [-0.2, 0) is 6.42 Å². The second-order valence-corrected chi connectivity index (χ2v) is 4.85. The molecule has 0 saturated carbocycles. The van der Waals surface area contributed by atoms with Crippen LogP contribution < -0.4 is 10.1 Å². The number of halogens is 3. The third-order valence-corrected chi connectivity index (χ3v) is 3.06. The standard InChI is InChI=1S/C14H18F3N3O/c1-20-8-7-19-13(20)18-6-5-11-3-2-4-12(9-11)21-10-14(15,16)17/h2-4,9H,5-8,10H2,1H3,(H,18,19). The number of ether oxygens (including phenoxy) is 1. The molecule has 0 amide bonds. The normalized spacial score (nSPS) is 15.0. The van der Waals surface area contributed by atoms with E-state index in [1.807, 2.05) is 18.0 Å². The molecule has 0 spiro atoms. The lowest BCUT2D eigenvalue weighted by Crippen LogP contribution is -2.36. The van der Waals surface area contributed by atoms with E-state index < -0.39 is 12.8 Å². The average molecular weight is 301 g/mol. The fraction of sp³-hybridized carbons (Fsp3) is 0.500. The van der Waals surface area contributed by atoms with Crippen LogP contribution in [0, 0.1) is 0 Å². The minimum atomic E-state index is -4.32. The third kappa shape index (κ3) is 5.17. The molecule has 1 aromatic carbocycles. The van der Waals surface area contributed by atoms with Gasteiger partial charge in [-0.25, -0.2) is 0 Å². The summed E-state index contributed by atoms with van der Waals surface area (Å²) in [6.07, 6.45) is -3.63. The Morgan fingerprint density at radius 1 is 1.38 bits per heavy atom. The molecule has 0 unspecified atom stereocenters. The van der Waals surface area contributed by atoms with Gasteiger partial charge in [-0.2, -0.15) is 13.2 Å². The van der Waals surface area contributed by atoms with Gasteiger partial charge in [0.2, 0.25) is 0 Å². The maximum absolute atomic E-state index is 12.1. The summed E-state index contributed by atoms with van der Waals surface area (Å²) in [4.78, 5) is 6.33. The number of rotatable bonds is 5. The Labute approximate surface area is 121 Å². The first kappa shape index (κ1) is 15.5. The molecule has 2 rings (SSSR count). The summed E-state index contributed by atoms with van der Waals surface area (Å²) in [7, 11) is 1.96. The van der Waals surface area contributed by atoms with Crippen LogP contribution >= 0.6 is 0 Å². The zero-order valence-corrected chi connectivity index (χ0v) is 11.8. The first-order chi connectivity index (χ1) is 9.94. The minimum absolute atomic E-state index is 0.236. The smallest absolute Gasteiger partial charge is 0.422 e. The van der Waals surface area contributed by atoms with Crippen molar-refractivity contribution in [3.05, 3.63) is 29.8 Å². The van der Waals surface area contributed by atoms with Crippen LogP contribution in [0.5, 0.6) is 5.75 Å². The quantitative estimate of drug-likeness (QED) is 0.904. The van der Waals surface area contributed by atoms with Gasteiger partial charge in [-0.15, -0.1) is 0 Å². The number of hydrogen-bond donors (Lipinski definition) is 1. The van der Waals surface area contributed by atoms with Crippen LogP contribution in [-0.4, -0.2) is 50.3 Å². The van der Waals surface area contributed by atoms with Crippen molar-refractivity contribution in [2.45, 2.75) is 12.6 Å². The molecule has 116 valence electrons. The number of guanidine groups is 1. The van der Waals surface area contributed by atoms with Gasteiger partial charge in [0.05, 0.1) is 6.54 Å². The summed E-state index contributed by atoms with van der Waals surface area (Å²) < 4.78 is 41.0. The molecule has 21 heavy (non-hydrogen) atoms. The number of nitrogens with one attached hydrogen (secondary N) is 1. The van der Waals surface area contributed by atoms with Crippen molar-refractivity contribution in [1.82, 2.24) is 10.2 Å². The van der Waals surface area contributed by atoms with E-state index in [1.165, 1.54) is 6.07 Å². The first-order valence-electron chi connectivity index (χ1n) is 6.72. The fourth-order valence-corrected chi connectivity index (χ4v) is 2.00. The molecular formula is C14H18F3N3O. The number of likely N-dealkylation sites (N-methyl/N-ethyl adjacent to an activating group) is 1. The van der Waals surface area contributed by atoms with Crippen LogP contribution in [0.15, 0.2) is 29.3 Å². The topological polar surface area (TPSA) is 36.9 Å². The fourth-order valence-electron chi connectivity index (χ4n) is 2.00. The largest absolute Gasteiger partial charge is 0.484 e. The van der Waals surface area contributed by atoms with E-state index in [2.05, 4.69) is 10.3 Å². The molecule has 0 bridgehead atoms. The second kappa shape index (κ2) is 6.69. The van der Waals surface area contributed by atoms with Crippen LogP contribution in [0.1, 0.15) is 5.56 Å². The highest BCUT2D eigenvalue weighted by Gasteiger charge is 2.28. The third-order valence-electron chi connectivity index (χ3n) is 3.06. The molecule has 0 atom stereocenters. The molecule has 0 aliphatic carbocycles. The molecule has 0 fully saturated rings. The Kier molecular flexibility index (Phi) is 4.93. The van der Waals surface area contributed by atoms with E-state index in [-0.39, 0.29) is 5.75 Å². The Morgan fingerprint density at radius 3 is 2.86 bits per heavy atom. The minimum Gasteiger partial charge on any atom is -0.484 e. The van der Waals surface area contributed by atoms with Gasteiger partial charge >= 0.3 is 6.18 Å². The zero-order valence-electron chi connectivity index (χ0n) is 11.8. The number of nitrogens with zero attached hydrogens (tertiary/aromatic N) is 2. The van der Waals surface area contributed by atoms with Crippen LogP contribution in [0.4, 0.5) is 13.2 Å². The molecule has 4 nitrogen and oxygen atoms in total. The van der Waals surface area contributed by atoms with Crippen LogP contribution in [0.25, 0.3) is 0 Å². The molecule has 1 heterocycles. The highest BCUT2D eigenvalue weighted by atomic mass is 19.4. The Hall–Kier alpha value is -1.92. The molecule has 1 aliphatic rings. The highest BCUT2D eigenvalue weighted by molar-refractivity contribution is 5.81. The van der Waals surface area contributed by atoms with E-state index in [4.69, 9.17) is 4.74 Å². The Balaban J connectivity index is 1.81. The predicted octanol–water partition coefficient (Wildman–Crippen LogP) is 2.06.